The van der Waals surface area contributed by atoms with E-state index in [0.29, 0.717) is 23.0 Å². The Hall–Kier alpha value is -3.30. The lowest BCUT2D eigenvalue weighted by Gasteiger charge is -2.09. The molecule has 0 aliphatic carbocycles. The van der Waals surface area contributed by atoms with Crippen molar-refractivity contribution in [2.75, 3.05) is 11.9 Å². The molecule has 28 heavy (non-hydrogen) atoms. The number of phenols is 1. The van der Waals surface area contributed by atoms with Crippen molar-refractivity contribution in [2.45, 2.75) is 6.42 Å². The van der Waals surface area contributed by atoms with Gasteiger partial charge in [0.2, 0.25) is 0 Å². The van der Waals surface area contributed by atoms with E-state index in [1.165, 1.54) is 6.20 Å². The molecule has 3 aromatic rings. The normalized spacial score (nSPS) is 11.1. The topological polar surface area (TPSA) is 85.2 Å². The van der Waals surface area contributed by atoms with Crippen LogP contribution in [0.1, 0.15) is 5.56 Å². The van der Waals surface area contributed by atoms with E-state index in [1.54, 1.807) is 36.4 Å². The van der Waals surface area contributed by atoms with Crippen molar-refractivity contribution in [3.8, 4) is 11.8 Å². The first-order valence-corrected chi connectivity index (χ1v) is 9.48. The van der Waals surface area contributed by atoms with Crippen molar-refractivity contribution >= 4 is 38.3 Å². The van der Waals surface area contributed by atoms with Crippen LogP contribution in [0.4, 0.5) is 5.69 Å². The molecule has 0 bridgehead atoms. The molecule has 0 unspecified atom stereocenters. The number of halogens is 1. The monoisotopic (exact) mass is 435 g/mol. The fourth-order valence-electron chi connectivity index (χ4n) is 2.78. The Morgan fingerprint density at radius 1 is 1.07 bits per heavy atom. The predicted molar refractivity (Wildman–Crippen MR) is 114 cm³/mol. The smallest absolute Gasteiger partial charge is 0.267 e. The van der Waals surface area contributed by atoms with Crippen LogP contribution < -0.4 is 10.6 Å². The summed E-state index contributed by atoms with van der Waals surface area (Å²) >= 11 is 3.40. The fourth-order valence-corrected chi connectivity index (χ4v) is 3.05. The van der Waals surface area contributed by atoms with Gasteiger partial charge in [-0.05, 0) is 36.2 Å². The molecular weight excluding hydrogens is 418 g/mol. The Kier molecular flexibility index (Phi) is 6.30. The summed E-state index contributed by atoms with van der Waals surface area (Å²) in [6.07, 6.45) is 2.20. The number of nitriles is 1. The molecule has 3 rings (SSSR count). The van der Waals surface area contributed by atoms with Crippen LogP contribution in [-0.2, 0) is 11.2 Å². The molecule has 0 spiro atoms. The number of benzene rings is 3. The van der Waals surface area contributed by atoms with Gasteiger partial charge in [0.25, 0.3) is 5.91 Å². The molecule has 0 atom stereocenters. The van der Waals surface area contributed by atoms with Crippen LogP contribution in [-0.4, -0.2) is 17.6 Å². The molecule has 5 nitrogen and oxygen atoms in total. The Labute approximate surface area is 171 Å². The maximum Gasteiger partial charge on any atom is 0.267 e. The van der Waals surface area contributed by atoms with Gasteiger partial charge in [0.1, 0.15) is 17.4 Å². The van der Waals surface area contributed by atoms with Gasteiger partial charge in [-0.15, -0.1) is 0 Å². The highest BCUT2D eigenvalue weighted by Crippen LogP contribution is 2.29. The number of rotatable bonds is 6. The number of hydrogen-bond donors (Lipinski definition) is 3. The maximum atomic E-state index is 12.5. The molecule has 0 aromatic heterocycles. The molecule has 0 radical (unpaired) electrons. The molecule has 0 aliphatic heterocycles. The average Bonchev–Trinajstić information content (AvgIpc) is 2.70. The lowest BCUT2D eigenvalue weighted by molar-refractivity contribution is -0.112. The number of phenolic OH excluding ortho intramolecular Hbond substituents is 1. The molecule has 3 N–H and O–H groups in total. The summed E-state index contributed by atoms with van der Waals surface area (Å²) in [6.45, 7) is 0.599. The van der Waals surface area contributed by atoms with Gasteiger partial charge in [0.05, 0.1) is 0 Å². The maximum absolute atomic E-state index is 12.5. The van der Waals surface area contributed by atoms with Crippen LogP contribution in [0.3, 0.4) is 0 Å². The minimum Gasteiger partial charge on any atom is -0.507 e. The molecule has 6 heteroatoms. The first-order chi connectivity index (χ1) is 13.6. The molecule has 0 saturated heterocycles. The van der Waals surface area contributed by atoms with Crippen LogP contribution in [0.2, 0.25) is 0 Å². The number of amides is 1. The SMILES string of the molecule is N#C/C(=C/NCCc1ccc(Br)cc1)C(=O)Nc1cccc2c(O)cccc12. The summed E-state index contributed by atoms with van der Waals surface area (Å²) < 4.78 is 1.02. The molecule has 0 heterocycles. The van der Waals surface area contributed by atoms with Gasteiger partial charge in [0, 0.05) is 33.7 Å². The summed E-state index contributed by atoms with van der Waals surface area (Å²) in [6, 6.07) is 20.2. The van der Waals surface area contributed by atoms with E-state index < -0.39 is 5.91 Å². The van der Waals surface area contributed by atoms with Crippen LogP contribution in [0, 0.1) is 11.3 Å². The van der Waals surface area contributed by atoms with E-state index in [-0.39, 0.29) is 11.3 Å². The van der Waals surface area contributed by atoms with Crippen LogP contribution in [0.25, 0.3) is 10.8 Å². The van der Waals surface area contributed by atoms with Gasteiger partial charge >= 0.3 is 0 Å². The van der Waals surface area contributed by atoms with Crippen LogP contribution in [0.15, 0.2) is 76.9 Å². The van der Waals surface area contributed by atoms with Crippen LogP contribution in [0.5, 0.6) is 5.75 Å². The van der Waals surface area contributed by atoms with E-state index in [0.717, 1.165) is 16.5 Å². The first-order valence-electron chi connectivity index (χ1n) is 8.68. The van der Waals surface area contributed by atoms with E-state index >= 15 is 0 Å². The van der Waals surface area contributed by atoms with Crippen molar-refractivity contribution in [3.05, 3.63) is 82.5 Å². The number of anilines is 1. The number of fused-ring (bicyclic) bond motifs is 1. The minimum absolute atomic E-state index is 0.0204. The lowest BCUT2D eigenvalue weighted by atomic mass is 10.1. The van der Waals surface area contributed by atoms with E-state index in [2.05, 4.69) is 26.6 Å². The number of nitrogens with one attached hydrogen (secondary N) is 2. The molecular formula is C22H18BrN3O2. The lowest BCUT2D eigenvalue weighted by Crippen LogP contribution is -2.18. The largest absolute Gasteiger partial charge is 0.507 e. The van der Waals surface area contributed by atoms with Gasteiger partial charge < -0.3 is 15.7 Å². The van der Waals surface area contributed by atoms with Crippen LogP contribution >= 0.6 is 15.9 Å². The fraction of sp³-hybridized carbons (Fsp3) is 0.0909. The number of aromatic hydroxyl groups is 1. The molecule has 3 aromatic carbocycles. The highest BCUT2D eigenvalue weighted by molar-refractivity contribution is 9.10. The number of nitrogens with zero attached hydrogens (tertiary/aromatic N) is 1. The number of carbonyl (C=O) groups is 1. The Morgan fingerprint density at radius 2 is 1.79 bits per heavy atom. The van der Waals surface area contributed by atoms with Crippen molar-refractivity contribution < 1.29 is 9.90 Å². The first kappa shape index (κ1) is 19.5. The second-order valence-electron chi connectivity index (χ2n) is 6.13. The quantitative estimate of drug-likeness (QED) is 0.302. The highest BCUT2D eigenvalue weighted by atomic mass is 79.9. The van der Waals surface area contributed by atoms with E-state index in [4.69, 9.17) is 0 Å². The zero-order valence-corrected chi connectivity index (χ0v) is 16.5. The third-order valence-corrected chi connectivity index (χ3v) is 4.76. The van der Waals surface area contributed by atoms with Crippen molar-refractivity contribution in [1.82, 2.24) is 5.32 Å². The van der Waals surface area contributed by atoms with Gasteiger partial charge in [-0.25, -0.2) is 0 Å². The Morgan fingerprint density at radius 3 is 2.54 bits per heavy atom. The number of carbonyl (C=O) groups excluding carboxylic acids is 1. The molecule has 1 amide bonds. The Balaban J connectivity index is 1.65. The number of hydrogen-bond acceptors (Lipinski definition) is 4. The highest BCUT2D eigenvalue weighted by Gasteiger charge is 2.11. The predicted octanol–water partition coefficient (Wildman–Crippen LogP) is 4.49. The van der Waals surface area contributed by atoms with Gasteiger partial charge in [-0.3, -0.25) is 4.79 Å². The molecule has 0 aliphatic rings. The van der Waals surface area contributed by atoms with Crippen molar-refractivity contribution in [1.29, 1.82) is 5.26 Å². The third-order valence-electron chi connectivity index (χ3n) is 4.23. The Bertz CT molecular complexity index is 1070. The summed E-state index contributed by atoms with van der Waals surface area (Å²) in [5, 5.41) is 26.4. The minimum atomic E-state index is -0.505. The zero-order valence-electron chi connectivity index (χ0n) is 14.9. The molecule has 0 fully saturated rings. The standard InChI is InChI=1S/C22H18BrN3O2/c23-17-9-7-15(8-10-17)11-12-25-14-16(13-24)22(28)26-20-5-1-4-19-18(20)3-2-6-21(19)27/h1-10,14,25,27H,11-12H2,(H,26,28)/b16-14-. The summed E-state index contributed by atoms with van der Waals surface area (Å²) in [5.41, 5.74) is 1.67. The average molecular weight is 436 g/mol. The summed E-state index contributed by atoms with van der Waals surface area (Å²) in [4.78, 5) is 12.5. The summed E-state index contributed by atoms with van der Waals surface area (Å²) in [5.74, 6) is -0.367. The zero-order chi connectivity index (χ0) is 19.9. The van der Waals surface area contributed by atoms with Gasteiger partial charge in [0.15, 0.2) is 0 Å². The van der Waals surface area contributed by atoms with Crippen molar-refractivity contribution in [3.63, 3.8) is 0 Å². The van der Waals surface area contributed by atoms with E-state index in [1.807, 2.05) is 30.3 Å². The van der Waals surface area contributed by atoms with E-state index in [9.17, 15) is 15.2 Å². The van der Waals surface area contributed by atoms with Crippen molar-refractivity contribution in [2.24, 2.45) is 0 Å². The van der Waals surface area contributed by atoms with Gasteiger partial charge in [-0.1, -0.05) is 52.3 Å². The van der Waals surface area contributed by atoms with Gasteiger partial charge in [-0.2, -0.15) is 5.26 Å². The third kappa shape index (κ3) is 4.70. The second kappa shape index (κ2) is 9.07. The molecule has 0 saturated carbocycles. The molecule has 140 valence electrons. The second-order valence-corrected chi connectivity index (χ2v) is 7.05. The summed E-state index contributed by atoms with van der Waals surface area (Å²) in [7, 11) is 0.